The largest absolute Gasteiger partial charge is 0.389 e. The normalized spacial score (nSPS) is 18.2. The highest BCUT2D eigenvalue weighted by atomic mass is 19.4. The third kappa shape index (κ3) is 3.85. The molecular formula is C8H13F3N2O. The van der Waals surface area contributed by atoms with E-state index in [4.69, 9.17) is 0 Å². The fourth-order valence-corrected chi connectivity index (χ4v) is 1.36. The van der Waals surface area contributed by atoms with Crippen LogP contribution in [0.5, 0.6) is 0 Å². The van der Waals surface area contributed by atoms with E-state index >= 15 is 0 Å². The van der Waals surface area contributed by atoms with E-state index < -0.39 is 12.6 Å². The summed E-state index contributed by atoms with van der Waals surface area (Å²) in [5.41, 5.74) is 0. The Morgan fingerprint density at radius 3 is 2.71 bits per heavy atom. The lowest BCUT2D eigenvalue weighted by molar-refractivity contribution is -0.135. The summed E-state index contributed by atoms with van der Waals surface area (Å²) in [4.78, 5) is 12.5. The molecule has 1 heterocycles. The minimum absolute atomic E-state index is 0.0169. The average molecular weight is 210 g/mol. The van der Waals surface area contributed by atoms with Gasteiger partial charge in [-0.15, -0.1) is 0 Å². The van der Waals surface area contributed by atoms with Crippen LogP contribution in [0.1, 0.15) is 19.3 Å². The summed E-state index contributed by atoms with van der Waals surface area (Å²) in [5, 5.41) is 2.59. The minimum atomic E-state index is -4.12. The molecule has 0 aliphatic carbocycles. The predicted octanol–water partition coefficient (Wildman–Crippen LogP) is 1.74. The number of amides is 2. The van der Waals surface area contributed by atoms with E-state index in [1.807, 2.05) is 0 Å². The molecule has 1 aliphatic heterocycles. The molecule has 0 aromatic rings. The minimum Gasteiger partial charge on any atom is -0.338 e. The topological polar surface area (TPSA) is 32.3 Å². The van der Waals surface area contributed by atoms with E-state index in [2.05, 4.69) is 5.32 Å². The number of nitrogens with zero attached hydrogens (tertiary/aromatic N) is 1. The second-order valence-corrected chi connectivity index (χ2v) is 3.29. The van der Waals surface area contributed by atoms with Gasteiger partial charge in [0.15, 0.2) is 0 Å². The van der Waals surface area contributed by atoms with Crippen LogP contribution < -0.4 is 5.32 Å². The number of rotatable bonds is 3. The molecule has 0 aromatic carbocycles. The molecule has 3 nitrogen and oxygen atoms in total. The molecule has 0 spiro atoms. The quantitative estimate of drug-likeness (QED) is 0.756. The molecule has 14 heavy (non-hydrogen) atoms. The first-order chi connectivity index (χ1) is 6.49. The zero-order valence-corrected chi connectivity index (χ0v) is 7.73. The van der Waals surface area contributed by atoms with Gasteiger partial charge in [0.2, 0.25) is 0 Å². The van der Waals surface area contributed by atoms with Crippen LogP contribution in [0.15, 0.2) is 0 Å². The van der Waals surface area contributed by atoms with Crippen molar-refractivity contribution in [2.45, 2.75) is 25.4 Å². The summed E-state index contributed by atoms with van der Waals surface area (Å²) in [7, 11) is 0. The number of carbonyl (C=O) groups is 1. The highest BCUT2D eigenvalue weighted by Crippen LogP contribution is 2.21. The number of hydrogen-bond acceptors (Lipinski definition) is 1. The highest BCUT2D eigenvalue weighted by Gasteiger charge is 2.27. The SMILES string of the molecule is O=C1NCCCN1CCCC(F)(F)F. The van der Waals surface area contributed by atoms with Crippen molar-refractivity contribution < 1.29 is 18.0 Å². The maximum Gasteiger partial charge on any atom is 0.389 e. The fourth-order valence-electron chi connectivity index (χ4n) is 1.36. The van der Waals surface area contributed by atoms with Crippen LogP contribution in [0.4, 0.5) is 18.0 Å². The molecule has 1 saturated heterocycles. The zero-order valence-electron chi connectivity index (χ0n) is 7.73. The lowest BCUT2D eigenvalue weighted by atomic mass is 10.2. The lowest BCUT2D eigenvalue weighted by Gasteiger charge is -2.27. The Morgan fingerprint density at radius 1 is 1.43 bits per heavy atom. The third-order valence-corrected chi connectivity index (χ3v) is 2.06. The van der Waals surface area contributed by atoms with Crippen LogP contribution in [0.3, 0.4) is 0 Å². The molecule has 0 atom stereocenters. The average Bonchev–Trinajstić information content (AvgIpc) is 2.06. The van der Waals surface area contributed by atoms with Gasteiger partial charge in [-0.3, -0.25) is 0 Å². The van der Waals surface area contributed by atoms with Gasteiger partial charge in [0, 0.05) is 26.1 Å². The maximum atomic E-state index is 11.8. The van der Waals surface area contributed by atoms with Crippen LogP contribution in [0, 0.1) is 0 Å². The summed E-state index contributed by atoms with van der Waals surface area (Å²) < 4.78 is 35.4. The van der Waals surface area contributed by atoms with E-state index in [9.17, 15) is 18.0 Å². The van der Waals surface area contributed by atoms with Crippen molar-refractivity contribution in [2.24, 2.45) is 0 Å². The van der Waals surface area contributed by atoms with Crippen molar-refractivity contribution >= 4 is 6.03 Å². The Kier molecular flexibility index (Phi) is 3.60. The molecule has 0 aromatic heterocycles. The first-order valence-electron chi connectivity index (χ1n) is 4.58. The van der Waals surface area contributed by atoms with E-state index in [1.165, 1.54) is 4.90 Å². The van der Waals surface area contributed by atoms with E-state index in [0.717, 1.165) is 6.42 Å². The van der Waals surface area contributed by atoms with Gasteiger partial charge in [0.1, 0.15) is 0 Å². The van der Waals surface area contributed by atoms with Crippen LogP contribution in [0.2, 0.25) is 0 Å². The smallest absolute Gasteiger partial charge is 0.338 e. The van der Waals surface area contributed by atoms with Gasteiger partial charge >= 0.3 is 12.2 Å². The molecule has 1 fully saturated rings. The van der Waals surface area contributed by atoms with Crippen LogP contribution in [0.25, 0.3) is 0 Å². The standard InChI is InChI=1S/C8H13F3N2O/c9-8(10,11)3-1-5-13-6-2-4-12-7(13)14/h1-6H2,(H,12,14). The molecule has 0 saturated carbocycles. The van der Waals surface area contributed by atoms with Crippen LogP contribution >= 0.6 is 0 Å². The number of halogens is 3. The Labute approximate surface area is 80.3 Å². The van der Waals surface area contributed by atoms with Crippen LogP contribution in [-0.4, -0.2) is 36.7 Å². The Bertz CT molecular complexity index is 205. The molecule has 0 unspecified atom stereocenters. The summed E-state index contributed by atoms with van der Waals surface area (Å²) >= 11 is 0. The number of alkyl halides is 3. The highest BCUT2D eigenvalue weighted by molar-refractivity contribution is 5.74. The molecular weight excluding hydrogens is 197 g/mol. The Hall–Kier alpha value is -0.940. The third-order valence-electron chi connectivity index (χ3n) is 2.06. The van der Waals surface area contributed by atoms with Crippen molar-refractivity contribution in [3.05, 3.63) is 0 Å². The number of urea groups is 1. The van der Waals surface area contributed by atoms with Gasteiger partial charge in [-0.1, -0.05) is 0 Å². The van der Waals surface area contributed by atoms with Gasteiger partial charge in [-0.05, 0) is 12.8 Å². The first-order valence-corrected chi connectivity index (χ1v) is 4.58. The summed E-state index contributed by atoms with van der Waals surface area (Å²) in [6, 6.07) is -0.251. The number of carbonyl (C=O) groups excluding carboxylic acids is 1. The second-order valence-electron chi connectivity index (χ2n) is 3.29. The summed E-state index contributed by atoms with van der Waals surface area (Å²) in [5.74, 6) is 0. The van der Waals surface area contributed by atoms with E-state index in [1.54, 1.807) is 0 Å². The molecule has 1 aliphatic rings. The Balaban J connectivity index is 2.20. The molecule has 1 N–H and O–H groups in total. The monoisotopic (exact) mass is 210 g/mol. The van der Waals surface area contributed by atoms with E-state index in [0.29, 0.717) is 13.1 Å². The number of nitrogens with one attached hydrogen (secondary N) is 1. The van der Waals surface area contributed by atoms with Crippen molar-refractivity contribution in [1.29, 1.82) is 0 Å². The molecule has 0 bridgehead atoms. The van der Waals surface area contributed by atoms with Gasteiger partial charge < -0.3 is 10.2 Å². The number of hydrogen-bond donors (Lipinski definition) is 1. The van der Waals surface area contributed by atoms with Crippen molar-refractivity contribution in [3.63, 3.8) is 0 Å². The zero-order chi connectivity index (χ0) is 10.6. The van der Waals surface area contributed by atoms with Crippen LogP contribution in [-0.2, 0) is 0 Å². The Morgan fingerprint density at radius 2 is 2.14 bits per heavy atom. The second kappa shape index (κ2) is 4.52. The molecule has 2 amide bonds. The van der Waals surface area contributed by atoms with Gasteiger partial charge in [0.25, 0.3) is 0 Å². The molecule has 6 heteroatoms. The molecule has 1 rings (SSSR count). The van der Waals surface area contributed by atoms with Gasteiger partial charge in [-0.2, -0.15) is 13.2 Å². The summed E-state index contributed by atoms with van der Waals surface area (Å²) in [6.07, 6.45) is -4.16. The van der Waals surface area contributed by atoms with Crippen molar-refractivity contribution in [3.8, 4) is 0 Å². The van der Waals surface area contributed by atoms with E-state index in [-0.39, 0.29) is 19.0 Å². The van der Waals surface area contributed by atoms with Gasteiger partial charge in [0.05, 0.1) is 0 Å². The first kappa shape index (κ1) is 11.1. The van der Waals surface area contributed by atoms with Crippen molar-refractivity contribution in [1.82, 2.24) is 10.2 Å². The predicted molar refractivity (Wildman–Crippen MR) is 44.9 cm³/mol. The fraction of sp³-hybridized carbons (Fsp3) is 0.875. The molecule has 0 radical (unpaired) electrons. The summed E-state index contributed by atoms with van der Waals surface area (Å²) in [6.45, 7) is 1.36. The maximum absolute atomic E-state index is 11.8. The molecule has 82 valence electrons. The van der Waals surface area contributed by atoms with Crippen molar-refractivity contribution in [2.75, 3.05) is 19.6 Å². The lowest BCUT2D eigenvalue weighted by Crippen LogP contribution is -2.46. The van der Waals surface area contributed by atoms with Gasteiger partial charge in [-0.25, -0.2) is 4.79 Å².